The topological polar surface area (TPSA) is 125 Å². The van der Waals surface area contributed by atoms with Crippen LogP contribution in [0.5, 0.6) is 0 Å². The molecule has 0 amide bonds. The van der Waals surface area contributed by atoms with Crippen LogP contribution in [0, 0.1) is 17.7 Å². The van der Waals surface area contributed by atoms with Crippen molar-refractivity contribution < 1.29 is 42.5 Å². The van der Waals surface area contributed by atoms with Crippen molar-refractivity contribution in [2.75, 3.05) is 6.79 Å². The van der Waals surface area contributed by atoms with Crippen LogP contribution in [-0.4, -0.2) is 47.6 Å². The van der Waals surface area contributed by atoms with Gasteiger partial charge in [-0.05, 0) is 62.1 Å². The summed E-state index contributed by atoms with van der Waals surface area (Å²) >= 11 is 0. The monoisotopic (exact) mass is 509 g/mol. The molecule has 3 N–H and O–H groups in total. The number of carbonyl (C=O) groups is 3. The first-order valence-corrected chi connectivity index (χ1v) is 12.1. The van der Waals surface area contributed by atoms with E-state index in [1.165, 1.54) is 29.8 Å². The quantitative estimate of drug-likeness (QED) is 0.234. The van der Waals surface area contributed by atoms with Crippen molar-refractivity contribution in [1.82, 2.24) is 0 Å². The highest BCUT2D eigenvalue weighted by atomic mass is 19.1. The van der Waals surface area contributed by atoms with Crippen molar-refractivity contribution in [2.45, 2.75) is 75.8 Å². The molecule has 2 saturated carbocycles. The van der Waals surface area contributed by atoms with Crippen molar-refractivity contribution in [1.29, 1.82) is 0 Å². The molecule has 36 heavy (non-hydrogen) atoms. The summed E-state index contributed by atoms with van der Waals surface area (Å²) in [5, 5.41) is 9.11. The number of allylic oxidation sites excluding steroid dienone is 1. The Kier molecular flexibility index (Phi) is 9.56. The molecule has 8 nitrogen and oxygen atoms in total. The molecule has 2 fully saturated rings. The number of aliphatic carboxylic acids is 1. The highest BCUT2D eigenvalue weighted by molar-refractivity contribution is 5.83. The Balaban J connectivity index is 1.45. The number of nitrogens with two attached hydrogens (primary N) is 1. The summed E-state index contributed by atoms with van der Waals surface area (Å²) in [6.07, 6.45) is 3.58. The molecular weight excluding hydrogens is 476 g/mol. The van der Waals surface area contributed by atoms with Gasteiger partial charge in [0.05, 0.1) is 25.2 Å². The lowest BCUT2D eigenvalue weighted by Gasteiger charge is -2.23. The third-order valence-corrected chi connectivity index (χ3v) is 6.90. The van der Waals surface area contributed by atoms with Crippen LogP contribution in [0.25, 0.3) is 0 Å². The first-order chi connectivity index (χ1) is 17.1. The Hall–Kier alpha value is -2.85. The fraction of sp³-hybridized carbons (Fsp3) is 0.577. The van der Waals surface area contributed by atoms with Gasteiger partial charge < -0.3 is 25.1 Å². The summed E-state index contributed by atoms with van der Waals surface area (Å²) in [7, 11) is 0. The van der Waals surface area contributed by atoms with Crippen molar-refractivity contribution in [3.8, 4) is 0 Å². The van der Waals surface area contributed by atoms with E-state index in [0.717, 1.165) is 25.7 Å². The second kappa shape index (κ2) is 12.4. The zero-order valence-electron chi connectivity index (χ0n) is 20.1. The number of hydrogen-bond acceptors (Lipinski definition) is 7. The third kappa shape index (κ3) is 7.57. The second-order valence-corrected chi connectivity index (χ2v) is 9.61. The van der Waals surface area contributed by atoms with Gasteiger partial charge in [-0.25, -0.2) is 13.6 Å². The second-order valence-electron chi connectivity index (χ2n) is 9.61. The number of rotatable bonds is 13. The predicted molar refractivity (Wildman–Crippen MR) is 125 cm³/mol. The molecule has 2 aliphatic rings. The van der Waals surface area contributed by atoms with E-state index in [1.54, 1.807) is 0 Å². The standard InChI is InChI=1S/C26H33F2NO7/c1-16-3-2-4-17(11-16)7-10-22(30)35-15-36-23(31)13-20(12-21-24(29)26(21,28)25(32)33)34-14-18-5-8-19(27)9-6-18/h5-6,8-9,17,20-21,24H,1-4,7,10-15,29H2,(H,32,33). The summed E-state index contributed by atoms with van der Waals surface area (Å²) in [5.74, 6) is -3.95. The summed E-state index contributed by atoms with van der Waals surface area (Å²) in [6, 6.07) is 4.26. The molecule has 0 bridgehead atoms. The smallest absolute Gasteiger partial charge is 0.343 e. The van der Waals surface area contributed by atoms with E-state index >= 15 is 0 Å². The third-order valence-electron chi connectivity index (χ3n) is 6.90. The first-order valence-electron chi connectivity index (χ1n) is 12.1. The number of alkyl halides is 1. The van der Waals surface area contributed by atoms with Crippen LogP contribution in [0.15, 0.2) is 36.4 Å². The van der Waals surface area contributed by atoms with Gasteiger partial charge in [0.1, 0.15) is 5.82 Å². The van der Waals surface area contributed by atoms with Crippen molar-refractivity contribution in [3.63, 3.8) is 0 Å². The molecule has 10 heteroatoms. The molecular formula is C26H33F2NO7. The number of halogens is 2. The van der Waals surface area contributed by atoms with Gasteiger partial charge in [0, 0.05) is 12.3 Å². The van der Waals surface area contributed by atoms with E-state index in [4.69, 9.17) is 25.1 Å². The largest absolute Gasteiger partial charge is 0.479 e. The summed E-state index contributed by atoms with van der Waals surface area (Å²) < 4.78 is 43.3. The lowest BCUT2D eigenvalue weighted by Crippen LogP contribution is -2.26. The number of esters is 2. The highest BCUT2D eigenvalue weighted by Gasteiger charge is 2.70. The normalized spacial score (nSPS) is 26.2. The van der Waals surface area contributed by atoms with Crippen molar-refractivity contribution >= 4 is 17.9 Å². The van der Waals surface area contributed by atoms with Gasteiger partial charge >= 0.3 is 17.9 Å². The van der Waals surface area contributed by atoms with E-state index < -0.39 is 54.3 Å². The Morgan fingerprint density at radius 2 is 1.89 bits per heavy atom. The van der Waals surface area contributed by atoms with Gasteiger partial charge in [0.2, 0.25) is 12.5 Å². The fourth-order valence-electron chi connectivity index (χ4n) is 4.66. The van der Waals surface area contributed by atoms with Gasteiger partial charge in [0.15, 0.2) is 0 Å². The molecule has 5 atom stereocenters. The van der Waals surface area contributed by atoms with Crippen molar-refractivity contribution in [2.24, 2.45) is 17.6 Å². The molecule has 0 aliphatic heterocycles. The van der Waals surface area contributed by atoms with Gasteiger partial charge in [0.25, 0.3) is 0 Å². The minimum Gasteiger partial charge on any atom is -0.479 e. The predicted octanol–water partition coefficient (Wildman–Crippen LogP) is 3.81. The summed E-state index contributed by atoms with van der Waals surface area (Å²) in [5.41, 5.74) is 4.84. The fourth-order valence-corrected chi connectivity index (χ4v) is 4.66. The van der Waals surface area contributed by atoms with Crippen LogP contribution < -0.4 is 5.73 Å². The summed E-state index contributed by atoms with van der Waals surface area (Å²) in [4.78, 5) is 35.5. The zero-order chi connectivity index (χ0) is 26.3. The maximum atomic E-state index is 14.5. The van der Waals surface area contributed by atoms with E-state index in [-0.39, 0.29) is 25.9 Å². The van der Waals surface area contributed by atoms with Crippen LogP contribution in [0.1, 0.15) is 56.9 Å². The molecule has 0 heterocycles. The van der Waals surface area contributed by atoms with Crippen LogP contribution in [0.3, 0.4) is 0 Å². The Morgan fingerprint density at radius 1 is 1.19 bits per heavy atom. The minimum atomic E-state index is -2.58. The zero-order valence-corrected chi connectivity index (χ0v) is 20.1. The lowest BCUT2D eigenvalue weighted by atomic mass is 9.83. The minimum absolute atomic E-state index is 0.0187. The molecule has 1 aromatic rings. The van der Waals surface area contributed by atoms with Crippen molar-refractivity contribution in [3.05, 3.63) is 47.8 Å². The maximum absolute atomic E-state index is 14.5. The highest BCUT2D eigenvalue weighted by Crippen LogP contribution is 2.49. The molecule has 1 aromatic carbocycles. The lowest BCUT2D eigenvalue weighted by molar-refractivity contribution is -0.169. The number of carboxylic acid groups (broad SMARTS) is 1. The average molecular weight is 510 g/mol. The Bertz CT molecular complexity index is 954. The van der Waals surface area contributed by atoms with Gasteiger partial charge in [-0.2, -0.15) is 0 Å². The number of carbonyl (C=O) groups excluding carboxylic acids is 2. The van der Waals surface area contributed by atoms with Crippen LogP contribution >= 0.6 is 0 Å². The molecule has 0 aromatic heterocycles. The molecule has 5 unspecified atom stereocenters. The number of hydrogen-bond donors (Lipinski definition) is 2. The van der Waals surface area contributed by atoms with Gasteiger partial charge in [-0.1, -0.05) is 24.3 Å². The van der Waals surface area contributed by atoms with Crippen LogP contribution in [-0.2, 0) is 35.2 Å². The molecule has 198 valence electrons. The number of benzene rings is 1. The molecule has 2 aliphatic carbocycles. The average Bonchev–Trinajstić information content (AvgIpc) is 3.37. The Labute approximate surface area is 208 Å². The van der Waals surface area contributed by atoms with E-state index in [0.29, 0.717) is 17.9 Å². The molecule has 0 spiro atoms. The van der Waals surface area contributed by atoms with Gasteiger partial charge in [-0.15, -0.1) is 0 Å². The number of ether oxygens (including phenoxy) is 3. The van der Waals surface area contributed by atoms with E-state index in [1.807, 2.05) is 0 Å². The first kappa shape index (κ1) is 27.7. The molecule has 3 rings (SSSR count). The SMILES string of the molecule is C=C1CCCC(CCC(=O)OCOC(=O)CC(CC2C(N)C2(F)C(=O)O)OCc2ccc(F)cc2)C1. The Morgan fingerprint density at radius 3 is 2.53 bits per heavy atom. The molecule has 0 radical (unpaired) electrons. The molecule has 0 saturated heterocycles. The summed E-state index contributed by atoms with van der Waals surface area (Å²) in [6.45, 7) is 3.42. The van der Waals surface area contributed by atoms with E-state index in [2.05, 4.69) is 6.58 Å². The van der Waals surface area contributed by atoms with Gasteiger partial charge in [-0.3, -0.25) is 9.59 Å². The van der Waals surface area contributed by atoms with Crippen LogP contribution in [0.2, 0.25) is 0 Å². The maximum Gasteiger partial charge on any atom is 0.343 e. The van der Waals surface area contributed by atoms with Crippen LogP contribution in [0.4, 0.5) is 8.78 Å². The van der Waals surface area contributed by atoms with E-state index in [9.17, 15) is 23.2 Å². The number of carboxylic acids is 1.